The number of nitro groups is 1. The summed E-state index contributed by atoms with van der Waals surface area (Å²) in [6, 6.07) is 14.4. The Hall–Kier alpha value is -4.60. The van der Waals surface area contributed by atoms with Gasteiger partial charge < -0.3 is 24.4 Å². The Morgan fingerprint density at radius 2 is 1.68 bits per heavy atom. The molecule has 0 saturated carbocycles. The maximum Gasteiger partial charge on any atom is 0.271 e. The van der Waals surface area contributed by atoms with Crippen molar-refractivity contribution in [3.63, 3.8) is 0 Å². The van der Waals surface area contributed by atoms with Crippen LogP contribution >= 0.6 is 0 Å². The number of hydrogen-bond acceptors (Lipinski definition) is 7. The van der Waals surface area contributed by atoms with Crippen molar-refractivity contribution in [2.75, 3.05) is 33.2 Å². The minimum Gasteiger partial charge on any atom is -0.495 e. The number of anilines is 1. The van der Waals surface area contributed by atoms with E-state index in [0.29, 0.717) is 35.6 Å². The number of carbonyl (C=O) groups is 2. The fraction of sp³-hybridized carbons (Fsp3) is 0.259. The van der Waals surface area contributed by atoms with Crippen molar-refractivity contribution in [3.05, 3.63) is 87.0 Å². The predicted octanol–water partition coefficient (Wildman–Crippen LogP) is 4.10. The van der Waals surface area contributed by atoms with Crippen LogP contribution < -0.4 is 19.5 Å². The summed E-state index contributed by atoms with van der Waals surface area (Å²) in [6.45, 7) is 0.443. The molecule has 0 fully saturated rings. The van der Waals surface area contributed by atoms with E-state index in [-0.39, 0.29) is 23.0 Å². The van der Waals surface area contributed by atoms with Gasteiger partial charge >= 0.3 is 0 Å². The number of fused-ring (bicyclic) bond motifs is 4. The molecule has 2 heterocycles. The van der Waals surface area contributed by atoms with Gasteiger partial charge in [-0.3, -0.25) is 19.7 Å². The summed E-state index contributed by atoms with van der Waals surface area (Å²) in [5.74, 6) is -0.432. The maximum absolute atomic E-state index is 14.1. The van der Waals surface area contributed by atoms with E-state index in [2.05, 4.69) is 5.32 Å². The molecule has 10 heteroatoms. The lowest BCUT2D eigenvalue weighted by Crippen LogP contribution is -2.49. The Balaban J connectivity index is 1.68. The molecule has 2 amide bonds. The highest BCUT2D eigenvalue weighted by Gasteiger charge is 2.47. The molecule has 3 aromatic carbocycles. The van der Waals surface area contributed by atoms with Gasteiger partial charge in [0.1, 0.15) is 5.75 Å². The number of nitrogens with zero attached hydrogens (tertiary/aromatic N) is 2. The molecule has 2 aliphatic heterocycles. The number of nitrogens with one attached hydrogen (secondary N) is 1. The molecule has 0 aliphatic carbocycles. The van der Waals surface area contributed by atoms with Crippen LogP contribution in [0.5, 0.6) is 17.2 Å². The molecule has 0 bridgehead atoms. The molecule has 10 nitrogen and oxygen atoms in total. The molecular formula is C27H25N3O7. The van der Waals surface area contributed by atoms with Crippen LogP contribution in [-0.4, -0.2) is 49.5 Å². The van der Waals surface area contributed by atoms with Crippen molar-refractivity contribution >= 4 is 23.2 Å². The zero-order valence-electron chi connectivity index (χ0n) is 20.5. The van der Waals surface area contributed by atoms with Gasteiger partial charge in [0.2, 0.25) is 5.91 Å². The van der Waals surface area contributed by atoms with Gasteiger partial charge in [0.05, 0.1) is 43.9 Å². The van der Waals surface area contributed by atoms with E-state index in [4.69, 9.17) is 14.2 Å². The third-order valence-corrected chi connectivity index (χ3v) is 6.96. The molecule has 2 unspecified atom stereocenters. The van der Waals surface area contributed by atoms with Crippen LogP contribution in [0.4, 0.5) is 11.4 Å². The average Bonchev–Trinajstić information content (AvgIpc) is 2.92. The highest BCUT2D eigenvalue weighted by molar-refractivity contribution is 6.05. The zero-order valence-corrected chi connectivity index (χ0v) is 20.5. The summed E-state index contributed by atoms with van der Waals surface area (Å²) >= 11 is 0. The highest BCUT2D eigenvalue weighted by atomic mass is 16.6. The molecule has 1 N–H and O–H groups in total. The van der Waals surface area contributed by atoms with Crippen LogP contribution in [0.15, 0.2) is 54.6 Å². The molecule has 0 aromatic heterocycles. The molecule has 0 spiro atoms. The zero-order chi connectivity index (χ0) is 26.3. The van der Waals surface area contributed by atoms with E-state index >= 15 is 0 Å². The smallest absolute Gasteiger partial charge is 0.271 e. The molecule has 0 radical (unpaired) electrons. The van der Waals surface area contributed by atoms with Gasteiger partial charge in [0.15, 0.2) is 11.5 Å². The SMILES string of the molecule is COc1ccc([N+](=O)[O-])cc1NC(=O)C1c2cc(OC)c(OC)cc2C(=O)N2CCc3ccccc3C12. The number of non-ortho nitro benzene ring substituents is 1. The number of rotatable bonds is 6. The summed E-state index contributed by atoms with van der Waals surface area (Å²) in [4.78, 5) is 40.3. The Bertz CT molecular complexity index is 1420. The van der Waals surface area contributed by atoms with Crippen LogP contribution in [0.25, 0.3) is 0 Å². The van der Waals surface area contributed by atoms with Gasteiger partial charge in [0.25, 0.3) is 11.6 Å². The number of amides is 2. The molecule has 2 aliphatic rings. The van der Waals surface area contributed by atoms with E-state index < -0.39 is 22.8 Å². The minimum absolute atomic E-state index is 0.163. The lowest BCUT2D eigenvalue weighted by atomic mass is 9.75. The summed E-state index contributed by atoms with van der Waals surface area (Å²) in [5.41, 5.74) is 2.75. The number of carbonyl (C=O) groups excluding carboxylic acids is 2. The van der Waals surface area contributed by atoms with Crippen LogP contribution in [-0.2, 0) is 11.2 Å². The monoisotopic (exact) mass is 503 g/mol. The fourth-order valence-electron chi connectivity index (χ4n) is 5.25. The van der Waals surface area contributed by atoms with Crippen LogP contribution in [0.3, 0.4) is 0 Å². The molecule has 190 valence electrons. The topological polar surface area (TPSA) is 120 Å². The standard InChI is InChI=1S/C27H25N3O7/c1-35-21-9-8-16(30(33)34)12-20(21)28-26(31)24-18-13-22(36-2)23(37-3)14-19(18)27(32)29-11-10-15-6-4-5-7-17(15)25(24)29/h4-9,12-14,24-25H,10-11H2,1-3H3,(H,28,31). The van der Waals surface area contributed by atoms with Gasteiger partial charge in [-0.05, 0) is 41.3 Å². The van der Waals surface area contributed by atoms with Gasteiger partial charge in [0, 0.05) is 24.2 Å². The van der Waals surface area contributed by atoms with Gasteiger partial charge in [-0.1, -0.05) is 24.3 Å². The normalized spacial score (nSPS) is 17.7. The Morgan fingerprint density at radius 1 is 0.973 bits per heavy atom. The predicted molar refractivity (Wildman–Crippen MR) is 134 cm³/mol. The number of hydrogen-bond donors (Lipinski definition) is 1. The second kappa shape index (κ2) is 9.45. The van der Waals surface area contributed by atoms with E-state index in [0.717, 1.165) is 11.1 Å². The highest BCUT2D eigenvalue weighted by Crippen LogP contribution is 2.49. The summed E-state index contributed by atoms with van der Waals surface area (Å²) in [6.07, 6.45) is 0.661. The van der Waals surface area contributed by atoms with Crippen molar-refractivity contribution in [2.45, 2.75) is 18.4 Å². The maximum atomic E-state index is 14.1. The third kappa shape index (κ3) is 4.00. The second-order valence-corrected chi connectivity index (χ2v) is 8.80. The minimum atomic E-state index is -0.835. The van der Waals surface area contributed by atoms with Crippen molar-refractivity contribution in [2.24, 2.45) is 0 Å². The van der Waals surface area contributed by atoms with Crippen molar-refractivity contribution in [3.8, 4) is 17.2 Å². The molecule has 5 rings (SSSR count). The summed E-state index contributed by atoms with van der Waals surface area (Å²) in [7, 11) is 4.39. The lowest BCUT2D eigenvalue weighted by Gasteiger charge is -2.45. The van der Waals surface area contributed by atoms with Crippen molar-refractivity contribution in [1.82, 2.24) is 4.90 Å². The first-order valence-corrected chi connectivity index (χ1v) is 11.7. The first-order valence-electron chi connectivity index (χ1n) is 11.7. The van der Waals surface area contributed by atoms with Crippen LogP contribution in [0, 0.1) is 10.1 Å². The summed E-state index contributed by atoms with van der Waals surface area (Å²) < 4.78 is 16.3. The number of methoxy groups -OCH3 is 3. The number of ether oxygens (including phenoxy) is 3. The molecule has 37 heavy (non-hydrogen) atoms. The molecule has 3 aromatic rings. The van der Waals surface area contributed by atoms with E-state index in [1.54, 1.807) is 17.0 Å². The van der Waals surface area contributed by atoms with Crippen LogP contribution in [0.1, 0.15) is 39.0 Å². The number of benzene rings is 3. The van der Waals surface area contributed by atoms with Gasteiger partial charge in [-0.25, -0.2) is 0 Å². The van der Waals surface area contributed by atoms with Gasteiger partial charge in [-0.2, -0.15) is 0 Å². The average molecular weight is 504 g/mol. The molecule has 0 saturated heterocycles. The lowest BCUT2D eigenvalue weighted by molar-refractivity contribution is -0.384. The first-order chi connectivity index (χ1) is 17.9. The van der Waals surface area contributed by atoms with E-state index in [1.807, 2.05) is 24.3 Å². The first kappa shape index (κ1) is 24.1. The largest absolute Gasteiger partial charge is 0.495 e. The molecular weight excluding hydrogens is 478 g/mol. The van der Waals surface area contributed by atoms with Crippen molar-refractivity contribution in [1.29, 1.82) is 0 Å². The molecule has 2 atom stereocenters. The van der Waals surface area contributed by atoms with Crippen molar-refractivity contribution < 1.29 is 28.7 Å². The van der Waals surface area contributed by atoms with E-state index in [9.17, 15) is 19.7 Å². The second-order valence-electron chi connectivity index (χ2n) is 8.80. The Morgan fingerprint density at radius 3 is 2.38 bits per heavy atom. The van der Waals surface area contributed by atoms with Gasteiger partial charge in [-0.15, -0.1) is 0 Å². The summed E-state index contributed by atoms with van der Waals surface area (Å²) in [5, 5.41) is 14.2. The van der Waals surface area contributed by atoms with Crippen LogP contribution in [0.2, 0.25) is 0 Å². The fourth-order valence-corrected chi connectivity index (χ4v) is 5.25. The Labute approximate surface area is 212 Å². The third-order valence-electron chi connectivity index (χ3n) is 6.96. The number of nitro benzene ring substituents is 1. The van der Waals surface area contributed by atoms with E-state index in [1.165, 1.54) is 39.5 Å². The Kier molecular flexibility index (Phi) is 6.16. The quantitative estimate of drug-likeness (QED) is 0.397.